The Labute approximate surface area is 144 Å². The van der Waals surface area contributed by atoms with Crippen LogP contribution in [0.3, 0.4) is 0 Å². The molecule has 1 atom stereocenters. The van der Waals surface area contributed by atoms with E-state index in [0.29, 0.717) is 18.7 Å². The number of hydrogen-bond donors (Lipinski definition) is 2. The fourth-order valence-electron chi connectivity index (χ4n) is 2.66. The van der Waals surface area contributed by atoms with E-state index in [4.69, 9.17) is 0 Å². The molecule has 4 nitrogen and oxygen atoms in total. The Morgan fingerprint density at radius 1 is 1.21 bits per heavy atom. The van der Waals surface area contributed by atoms with Gasteiger partial charge in [0.1, 0.15) is 0 Å². The first-order valence-corrected chi connectivity index (χ1v) is 8.31. The summed E-state index contributed by atoms with van der Waals surface area (Å²) in [5.74, 6) is -0.0837. The Morgan fingerprint density at radius 2 is 1.92 bits per heavy atom. The first-order valence-electron chi connectivity index (χ1n) is 8.31. The lowest BCUT2D eigenvalue weighted by molar-refractivity contribution is 0.0962. The lowest BCUT2D eigenvalue weighted by atomic mass is 10.1. The molecule has 128 valence electrons. The topological polar surface area (TPSA) is 52.6 Å². The highest BCUT2D eigenvalue weighted by atomic mass is 16.3. The zero-order valence-electron chi connectivity index (χ0n) is 14.6. The Kier molecular flexibility index (Phi) is 6.53. The summed E-state index contributed by atoms with van der Waals surface area (Å²) in [5.41, 5.74) is 3.83. The zero-order chi connectivity index (χ0) is 17.5. The SMILES string of the molecule is CCN(Cc1cccc(C(=O)NC)c1)CC(O)c1ccc(C)cc1. The van der Waals surface area contributed by atoms with Crippen molar-refractivity contribution in [1.29, 1.82) is 0 Å². The Hall–Kier alpha value is -2.17. The van der Waals surface area contributed by atoms with E-state index in [1.807, 2.05) is 49.4 Å². The average Bonchev–Trinajstić information content (AvgIpc) is 2.61. The molecule has 0 heterocycles. The van der Waals surface area contributed by atoms with Crippen LogP contribution in [0.15, 0.2) is 48.5 Å². The zero-order valence-corrected chi connectivity index (χ0v) is 14.6. The molecule has 0 aromatic heterocycles. The number of aliphatic hydroxyl groups excluding tert-OH is 1. The van der Waals surface area contributed by atoms with E-state index in [0.717, 1.165) is 17.7 Å². The number of aliphatic hydroxyl groups is 1. The molecule has 0 aliphatic heterocycles. The maximum Gasteiger partial charge on any atom is 0.251 e. The van der Waals surface area contributed by atoms with Crippen LogP contribution >= 0.6 is 0 Å². The summed E-state index contributed by atoms with van der Waals surface area (Å²) < 4.78 is 0. The van der Waals surface area contributed by atoms with E-state index in [-0.39, 0.29) is 5.91 Å². The lowest BCUT2D eigenvalue weighted by Gasteiger charge is -2.24. The molecule has 2 N–H and O–H groups in total. The van der Waals surface area contributed by atoms with Crippen molar-refractivity contribution in [3.63, 3.8) is 0 Å². The largest absolute Gasteiger partial charge is 0.387 e. The predicted molar refractivity (Wildman–Crippen MR) is 96.9 cm³/mol. The standard InChI is InChI=1S/C20H26N2O2/c1-4-22(14-19(23)17-10-8-15(2)9-11-17)13-16-6-5-7-18(12-16)20(24)21-3/h5-12,19,23H,4,13-14H2,1-3H3,(H,21,24). The molecular weight excluding hydrogens is 300 g/mol. The summed E-state index contributed by atoms with van der Waals surface area (Å²) in [5, 5.41) is 13.1. The maximum absolute atomic E-state index is 11.7. The van der Waals surface area contributed by atoms with Crippen LogP contribution in [-0.2, 0) is 6.54 Å². The van der Waals surface area contributed by atoms with Crippen molar-refractivity contribution in [2.75, 3.05) is 20.1 Å². The number of carbonyl (C=O) groups excluding carboxylic acids is 1. The number of nitrogens with zero attached hydrogens (tertiary/aromatic N) is 1. The van der Waals surface area contributed by atoms with Crippen molar-refractivity contribution in [1.82, 2.24) is 10.2 Å². The number of nitrogens with one attached hydrogen (secondary N) is 1. The fraction of sp³-hybridized carbons (Fsp3) is 0.350. The molecule has 0 aliphatic carbocycles. The molecule has 0 saturated heterocycles. The van der Waals surface area contributed by atoms with Crippen LogP contribution in [-0.4, -0.2) is 36.1 Å². The number of carbonyl (C=O) groups is 1. The lowest BCUT2D eigenvalue weighted by Crippen LogP contribution is -2.28. The monoisotopic (exact) mass is 326 g/mol. The van der Waals surface area contributed by atoms with Crippen molar-refractivity contribution >= 4 is 5.91 Å². The molecule has 1 unspecified atom stereocenters. The minimum Gasteiger partial charge on any atom is -0.387 e. The van der Waals surface area contributed by atoms with Crippen LogP contribution < -0.4 is 5.32 Å². The van der Waals surface area contributed by atoms with Crippen LogP contribution in [0.2, 0.25) is 0 Å². The fourth-order valence-corrected chi connectivity index (χ4v) is 2.66. The van der Waals surface area contributed by atoms with Crippen LogP contribution in [0, 0.1) is 6.92 Å². The second kappa shape index (κ2) is 8.62. The molecule has 2 rings (SSSR count). The van der Waals surface area contributed by atoms with Gasteiger partial charge in [-0.3, -0.25) is 9.69 Å². The molecular formula is C20H26N2O2. The van der Waals surface area contributed by atoms with Gasteiger partial charge < -0.3 is 10.4 Å². The Morgan fingerprint density at radius 3 is 2.54 bits per heavy atom. The number of rotatable bonds is 7. The van der Waals surface area contributed by atoms with Crippen LogP contribution in [0.5, 0.6) is 0 Å². The third-order valence-electron chi connectivity index (χ3n) is 4.16. The van der Waals surface area contributed by atoms with Gasteiger partial charge in [-0.1, -0.05) is 48.9 Å². The molecule has 0 aliphatic rings. The van der Waals surface area contributed by atoms with E-state index < -0.39 is 6.10 Å². The minimum absolute atomic E-state index is 0.0837. The van der Waals surface area contributed by atoms with E-state index >= 15 is 0 Å². The molecule has 2 aromatic carbocycles. The molecule has 0 bridgehead atoms. The van der Waals surface area contributed by atoms with Crippen molar-refractivity contribution in [2.24, 2.45) is 0 Å². The highest BCUT2D eigenvalue weighted by Gasteiger charge is 2.13. The summed E-state index contributed by atoms with van der Waals surface area (Å²) in [4.78, 5) is 13.9. The number of likely N-dealkylation sites (N-methyl/N-ethyl adjacent to an activating group) is 1. The summed E-state index contributed by atoms with van der Waals surface area (Å²) in [6.07, 6.45) is -0.521. The van der Waals surface area contributed by atoms with E-state index in [2.05, 4.69) is 17.1 Å². The number of aryl methyl sites for hydroxylation is 1. The average molecular weight is 326 g/mol. The third kappa shape index (κ3) is 4.91. The van der Waals surface area contributed by atoms with Gasteiger partial charge in [0, 0.05) is 25.7 Å². The molecule has 0 radical (unpaired) electrons. The molecule has 0 fully saturated rings. The van der Waals surface area contributed by atoms with Gasteiger partial charge in [-0.05, 0) is 36.7 Å². The third-order valence-corrected chi connectivity index (χ3v) is 4.16. The van der Waals surface area contributed by atoms with Crippen molar-refractivity contribution in [3.05, 3.63) is 70.8 Å². The smallest absolute Gasteiger partial charge is 0.251 e. The number of amides is 1. The van der Waals surface area contributed by atoms with Gasteiger partial charge in [0.15, 0.2) is 0 Å². The summed E-state index contributed by atoms with van der Waals surface area (Å²) in [6, 6.07) is 15.6. The normalized spacial score (nSPS) is 12.2. The van der Waals surface area contributed by atoms with Crippen molar-refractivity contribution in [3.8, 4) is 0 Å². The second-order valence-electron chi connectivity index (χ2n) is 6.03. The van der Waals surface area contributed by atoms with E-state index in [1.54, 1.807) is 13.1 Å². The number of benzene rings is 2. The molecule has 1 amide bonds. The van der Waals surface area contributed by atoms with E-state index in [1.165, 1.54) is 5.56 Å². The molecule has 24 heavy (non-hydrogen) atoms. The first kappa shape index (κ1) is 18.2. The van der Waals surface area contributed by atoms with Gasteiger partial charge in [-0.15, -0.1) is 0 Å². The summed E-state index contributed by atoms with van der Waals surface area (Å²) in [6.45, 7) is 6.19. The van der Waals surface area contributed by atoms with Crippen LogP contribution in [0.1, 0.15) is 40.1 Å². The van der Waals surface area contributed by atoms with Crippen LogP contribution in [0.25, 0.3) is 0 Å². The molecule has 2 aromatic rings. The summed E-state index contributed by atoms with van der Waals surface area (Å²) >= 11 is 0. The first-order chi connectivity index (χ1) is 11.5. The second-order valence-corrected chi connectivity index (χ2v) is 6.03. The predicted octanol–water partition coefficient (Wildman–Crippen LogP) is 2.91. The van der Waals surface area contributed by atoms with Gasteiger partial charge in [-0.25, -0.2) is 0 Å². The van der Waals surface area contributed by atoms with Gasteiger partial charge in [0.2, 0.25) is 0 Å². The van der Waals surface area contributed by atoms with E-state index in [9.17, 15) is 9.90 Å². The van der Waals surface area contributed by atoms with Gasteiger partial charge >= 0.3 is 0 Å². The number of hydrogen-bond acceptors (Lipinski definition) is 3. The van der Waals surface area contributed by atoms with Crippen LogP contribution in [0.4, 0.5) is 0 Å². The highest BCUT2D eigenvalue weighted by molar-refractivity contribution is 5.94. The maximum atomic E-state index is 11.7. The quantitative estimate of drug-likeness (QED) is 0.822. The summed E-state index contributed by atoms with van der Waals surface area (Å²) in [7, 11) is 1.63. The molecule has 0 spiro atoms. The van der Waals surface area contributed by atoms with Crippen molar-refractivity contribution < 1.29 is 9.90 Å². The Balaban J connectivity index is 2.04. The minimum atomic E-state index is -0.521. The molecule has 4 heteroatoms. The molecule has 0 saturated carbocycles. The van der Waals surface area contributed by atoms with Gasteiger partial charge in [0.05, 0.1) is 6.10 Å². The highest BCUT2D eigenvalue weighted by Crippen LogP contribution is 2.17. The van der Waals surface area contributed by atoms with Gasteiger partial charge in [-0.2, -0.15) is 0 Å². The van der Waals surface area contributed by atoms with Gasteiger partial charge in [0.25, 0.3) is 5.91 Å². The Bertz CT molecular complexity index is 668. The van der Waals surface area contributed by atoms with Crippen molar-refractivity contribution in [2.45, 2.75) is 26.5 Å².